The average molecular weight is 295 g/mol. The molecule has 3 aromatic rings. The number of hydrogen-bond donors (Lipinski definition) is 1. The van der Waals surface area contributed by atoms with E-state index in [1.807, 2.05) is 32.9 Å². The second-order valence-corrected chi connectivity index (χ2v) is 5.31. The first-order valence-corrected chi connectivity index (χ1v) is 7.14. The minimum absolute atomic E-state index is 0.161. The summed E-state index contributed by atoms with van der Waals surface area (Å²) in [7, 11) is 0. The standard InChI is InChI=1S/C17H17N3O2/c1-10-11(2)19-15-9-13(6-7-14(15)18-10)17(21)20-12(3)16-5-4-8-22-16/h4-9,12H,1-3H3,(H,20,21). The molecule has 0 fully saturated rings. The van der Waals surface area contributed by atoms with Gasteiger partial charge in [-0.3, -0.25) is 4.79 Å². The van der Waals surface area contributed by atoms with Crippen molar-refractivity contribution >= 4 is 16.9 Å². The van der Waals surface area contributed by atoms with Gasteiger partial charge in [0.2, 0.25) is 0 Å². The monoisotopic (exact) mass is 295 g/mol. The molecular weight excluding hydrogens is 278 g/mol. The number of benzene rings is 1. The van der Waals surface area contributed by atoms with Gasteiger partial charge in [0, 0.05) is 5.56 Å². The molecule has 1 unspecified atom stereocenters. The molecule has 0 bridgehead atoms. The predicted molar refractivity (Wildman–Crippen MR) is 83.6 cm³/mol. The fourth-order valence-corrected chi connectivity index (χ4v) is 2.26. The van der Waals surface area contributed by atoms with Gasteiger partial charge in [-0.05, 0) is 51.1 Å². The number of aryl methyl sites for hydroxylation is 2. The summed E-state index contributed by atoms with van der Waals surface area (Å²) in [4.78, 5) is 21.3. The van der Waals surface area contributed by atoms with Crippen LogP contribution in [0.25, 0.3) is 11.0 Å². The van der Waals surface area contributed by atoms with Crippen molar-refractivity contribution < 1.29 is 9.21 Å². The molecule has 1 amide bonds. The van der Waals surface area contributed by atoms with Crippen molar-refractivity contribution in [3.8, 4) is 0 Å². The van der Waals surface area contributed by atoms with Crippen LogP contribution in [0.2, 0.25) is 0 Å². The van der Waals surface area contributed by atoms with Gasteiger partial charge < -0.3 is 9.73 Å². The maximum absolute atomic E-state index is 12.3. The zero-order valence-electron chi connectivity index (χ0n) is 12.8. The summed E-state index contributed by atoms with van der Waals surface area (Å²) in [6.07, 6.45) is 1.59. The van der Waals surface area contributed by atoms with Gasteiger partial charge in [-0.2, -0.15) is 0 Å². The largest absolute Gasteiger partial charge is 0.467 e. The van der Waals surface area contributed by atoms with Gasteiger partial charge in [0.1, 0.15) is 5.76 Å². The molecule has 0 aliphatic carbocycles. The van der Waals surface area contributed by atoms with Crippen LogP contribution in [0.4, 0.5) is 0 Å². The van der Waals surface area contributed by atoms with Crippen molar-refractivity contribution in [2.45, 2.75) is 26.8 Å². The molecule has 3 rings (SSSR count). The Morgan fingerprint density at radius 1 is 1.14 bits per heavy atom. The Bertz CT molecular complexity index is 825. The third kappa shape index (κ3) is 2.70. The van der Waals surface area contributed by atoms with Crippen molar-refractivity contribution in [2.24, 2.45) is 0 Å². The van der Waals surface area contributed by atoms with Gasteiger partial charge >= 0.3 is 0 Å². The van der Waals surface area contributed by atoms with Gasteiger partial charge in [-0.25, -0.2) is 9.97 Å². The molecule has 2 heterocycles. The highest BCUT2D eigenvalue weighted by atomic mass is 16.3. The molecule has 112 valence electrons. The summed E-state index contributed by atoms with van der Waals surface area (Å²) in [5.41, 5.74) is 3.84. The number of nitrogens with one attached hydrogen (secondary N) is 1. The van der Waals surface area contributed by atoms with E-state index in [1.165, 1.54) is 0 Å². The van der Waals surface area contributed by atoms with Crippen LogP contribution < -0.4 is 5.32 Å². The average Bonchev–Trinajstić information content (AvgIpc) is 3.02. The summed E-state index contributed by atoms with van der Waals surface area (Å²) in [5, 5.41) is 2.91. The van der Waals surface area contributed by atoms with E-state index in [4.69, 9.17) is 4.42 Å². The van der Waals surface area contributed by atoms with Crippen LogP contribution in [0.1, 0.15) is 40.5 Å². The molecule has 0 aliphatic rings. The van der Waals surface area contributed by atoms with Crippen LogP contribution >= 0.6 is 0 Å². The maximum atomic E-state index is 12.3. The maximum Gasteiger partial charge on any atom is 0.251 e. The fraction of sp³-hybridized carbons (Fsp3) is 0.235. The van der Waals surface area contributed by atoms with Crippen LogP contribution in [-0.2, 0) is 0 Å². The number of rotatable bonds is 3. The third-order valence-electron chi connectivity index (χ3n) is 3.66. The Morgan fingerprint density at radius 2 is 1.86 bits per heavy atom. The number of nitrogens with zero attached hydrogens (tertiary/aromatic N) is 2. The molecule has 0 saturated heterocycles. The van der Waals surface area contributed by atoms with E-state index in [-0.39, 0.29) is 11.9 Å². The second kappa shape index (κ2) is 5.60. The zero-order chi connectivity index (χ0) is 15.7. The normalized spacial score (nSPS) is 12.3. The lowest BCUT2D eigenvalue weighted by atomic mass is 10.1. The van der Waals surface area contributed by atoms with Gasteiger partial charge in [-0.15, -0.1) is 0 Å². The Hall–Kier alpha value is -2.69. The molecule has 1 N–H and O–H groups in total. The van der Waals surface area contributed by atoms with Gasteiger partial charge in [0.05, 0.1) is 34.7 Å². The highest BCUT2D eigenvalue weighted by Gasteiger charge is 2.14. The molecule has 0 aliphatic heterocycles. The lowest BCUT2D eigenvalue weighted by Crippen LogP contribution is -2.26. The van der Waals surface area contributed by atoms with Gasteiger partial charge in [-0.1, -0.05) is 0 Å². The van der Waals surface area contributed by atoms with Crippen LogP contribution in [0.15, 0.2) is 41.0 Å². The van der Waals surface area contributed by atoms with Crippen molar-refractivity contribution in [3.63, 3.8) is 0 Å². The smallest absolute Gasteiger partial charge is 0.251 e. The lowest BCUT2D eigenvalue weighted by Gasteiger charge is -2.12. The molecule has 0 spiro atoms. The molecule has 22 heavy (non-hydrogen) atoms. The summed E-state index contributed by atoms with van der Waals surface area (Å²) in [6.45, 7) is 5.71. The van der Waals surface area contributed by atoms with Gasteiger partial charge in [0.25, 0.3) is 5.91 Å². The molecule has 1 aromatic carbocycles. The van der Waals surface area contributed by atoms with Gasteiger partial charge in [0.15, 0.2) is 0 Å². The molecule has 5 nitrogen and oxygen atoms in total. The molecule has 0 saturated carbocycles. The Morgan fingerprint density at radius 3 is 2.55 bits per heavy atom. The van der Waals surface area contributed by atoms with Crippen LogP contribution in [0.5, 0.6) is 0 Å². The second-order valence-electron chi connectivity index (χ2n) is 5.31. The van der Waals surface area contributed by atoms with E-state index in [0.717, 1.165) is 28.2 Å². The van der Waals surface area contributed by atoms with Crippen molar-refractivity contribution in [1.29, 1.82) is 0 Å². The molecule has 0 radical (unpaired) electrons. The van der Waals surface area contributed by atoms with Crippen LogP contribution in [0.3, 0.4) is 0 Å². The van der Waals surface area contributed by atoms with Crippen molar-refractivity contribution in [2.75, 3.05) is 0 Å². The molecule has 2 aromatic heterocycles. The predicted octanol–water partition coefficient (Wildman–Crippen LogP) is 3.33. The first kappa shape index (κ1) is 14.3. The number of amides is 1. The number of carbonyl (C=O) groups excluding carboxylic acids is 1. The minimum Gasteiger partial charge on any atom is -0.467 e. The molecule has 1 atom stereocenters. The quantitative estimate of drug-likeness (QED) is 0.804. The van der Waals surface area contributed by atoms with Crippen molar-refractivity contribution in [1.82, 2.24) is 15.3 Å². The molecular formula is C17H17N3O2. The topological polar surface area (TPSA) is 68.0 Å². The van der Waals surface area contributed by atoms with E-state index < -0.39 is 0 Å². The van der Waals surface area contributed by atoms with E-state index in [0.29, 0.717) is 5.56 Å². The number of fused-ring (bicyclic) bond motifs is 1. The highest BCUT2D eigenvalue weighted by Crippen LogP contribution is 2.17. The Balaban J connectivity index is 1.86. The Labute approximate surface area is 128 Å². The fourth-order valence-electron chi connectivity index (χ4n) is 2.26. The van der Waals surface area contributed by atoms with E-state index in [2.05, 4.69) is 15.3 Å². The highest BCUT2D eigenvalue weighted by molar-refractivity contribution is 5.97. The first-order valence-electron chi connectivity index (χ1n) is 7.14. The minimum atomic E-state index is -0.191. The first-order chi connectivity index (χ1) is 10.5. The number of hydrogen-bond acceptors (Lipinski definition) is 4. The SMILES string of the molecule is Cc1nc2ccc(C(=O)NC(C)c3ccco3)cc2nc1C. The summed E-state index contributed by atoms with van der Waals surface area (Å²) in [6, 6.07) is 8.79. The Kier molecular flexibility index (Phi) is 3.63. The number of furan rings is 1. The summed E-state index contributed by atoms with van der Waals surface area (Å²) >= 11 is 0. The molecule has 5 heteroatoms. The van der Waals surface area contributed by atoms with Crippen molar-refractivity contribution in [3.05, 3.63) is 59.3 Å². The van der Waals surface area contributed by atoms with Crippen LogP contribution in [0, 0.1) is 13.8 Å². The summed E-state index contributed by atoms with van der Waals surface area (Å²) in [5.74, 6) is 0.561. The lowest BCUT2D eigenvalue weighted by molar-refractivity contribution is 0.0935. The van der Waals surface area contributed by atoms with E-state index >= 15 is 0 Å². The van der Waals surface area contributed by atoms with E-state index in [1.54, 1.807) is 24.5 Å². The number of aromatic nitrogens is 2. The third-order valence-corrected chi connectivity index (χ3v) is 3.66. The van der Waals surface area contributed by atoms with E-state index in [9.17, 15) is 4.79 Å². The van der Waals surface area contributed by atoms with Crippen LogP contribution in [-0.4, -0.2) is 15.9 Å². The number of carbonyl (C=O) groups is 1. The zero-order valence-corrected chi connectivity index (χ0v) is 12.8. The summed E-state index contributed by atoms with van der Waals surface area (Å²) < 4.78 is 5.29.